The fourth-order valence-electron chi connectivity index (χ4n) is 3.56. The van der Waals surface area contributed by atoms with Gasteiger partial charge in [-0.15, -0.1) is 0 Å². The molecule has 2 aromatic carbocycles. The van der Waals surface area contributed by atoms with Gasteiger partial charge in [0.15, 0.2) is 16.4 Å². The highest BCUT2D eigenvalue weighted by Crippen LogP contribution is 2.35. The van der Waals surface area contributed by atoms with Crippen LogP contribution in [0.15, 0.2) is 52.3 Å². The molecular weight excluding hydrogens is 468 g/mol. The first-order valence-corrected chi connectivity index (χ1v) is 12.9. The smallest absolute Gasteiger partial charge is 0.338 e. The van der Waals surface area contributed by atoms with Gasteiger partial charge in [0.1, 0.15) is 0 Å². The first kappa shape index (κ1) is 24.7. The lowest BCUT2D eigenvalue weighted by Crippen LogP contribution is -2.43. The number of amides is 1. The summed E-state index contributed by atoms with van der Waals surface area (Å²) >= 11 is 1.21. The first-order chi connectivity index (χ1) is 15.6. The molecule has 0 N–H and O–H groups in total. The fourth-order valence-corrected chi connectivity index (χ4v) is 6.19. The van der Waals surface area contributed by atoms with Gasteiger partial charge in [-0.2, -0.15) is 0 Å². The molecule has 1 aliphatic heterocycles. The SMILES string of the molecule is CCN(C(=O)COC(=O)c1ccc(Sc2ccc(C)cc2)c([N+](=O)[O-])c1)C1CCS(=O)(=O)C1. The molecule has 9 nitrogen and oxygen atoms in total. The molecule has 0 saturated carbocycles. The number of ether oxygens (including phenoxy) is 1. The van der Waals surface area contributed by atoms with Crippen molar-refractivity contribution in [1.82, 2.24) is 4.90 Å². The van der Waals surface area contributed by atoms with Crippen LogP contribution in [0.4, 0.5) is 5.69 Å². The average Bonchev–Trinajstić information content (AvgIpc) is 3.13. The fraction of sp³-hybridized carbons (Fsp3) is 0.364. The van der Waals surface area contributed by atoms with Crippen LogP contribution in [0.3, 0.4) is 0 Å². The maximum atomic E-state index is 12.5. The number of likely N-dealkylation sites (N-methyl/N-ethyl adjacent to an activating group) is 1. The number of esters is 1. The summed E-state index contributed by atoms with van der Waals surface area (Å²) in [6.07, 6.45) is 0.349. The number of benzene rings is 2. The van der Waals surface area contributed by atoms with Crippen LogP contribution in [0, 0.1) is 17.0 Å². The number of nitrogens with zero attached hydrogens (tertiary/aromatic N) is 2. The highest BCUT2D eigenvalue weighted by molar-refractivity contribution is 7.99. The van der Waals surface area contributed by atoms with Crippen molar-refractivity contribution < 1.29 is 27.7 Å². The van der Waals surface area contributed by atoms with E-state index in [0.717, 1.165) is 16.5 Å². The van der Waals surface area contributed by atoms with Crippen LogP contribution in [-0.2, 0) is 19.4 Å². The molecule has 33 heavy (non-hydrogen) atoms. The Kier molecular flexibility index (Phi) is 7.75. The summed E-state index contributed by atoms with van der Waals surface area (Å²) in [6, 6.07) is 11.1. The highest BCUT2D eigenvalue weighted by Gasteiger charge is 2.34. The van der Waals surface area contributed by atoms with Crippen molar-refractivity contribution in [3.63, 3.8) is 0 Å². The van der Waals surface area contributed by atoms with Gasteiger partial charge < -0.3 is 9.64 Å². The lowest BCUT2D eigenvalue weighted by Gasteiger charge is -2.26. The topological polar surface area (TPSA) is 124 Å². The van der Waals surface area contributed by atoms with Gasteiger partial charge in [0.05, 0.1) is 26.9 Å². The Morgan fingerprint density at radius 1 is 1.21 bits per heavy atom. The molecule has 1 saturated heterocycles. The van der Waals surface area contributed by atoms with Crippen molar-refractivity contribution in [3.8, 4) is 0 Å². The van der Waals surface area contributed by atoms with E-state index in [1.54, 1.807) is 6.92 Å². The number of rotatable bonds is 8. The third-order valence-electron chi connectivity index (χ3n) is 5.28. The maximum Gasteiger partial charge on any atom is 0.338 e. The van der Waals surface area contributed by atoms with Gasteiger partial charge in [-0.25, -0.2) is 13.2 Å². The van der Waals surface area contributed by atoms with Gasteiger partial charge in [-0.1, -0.05) is 29.5 Å². The normalized spacial score (nSPS) is 16.8. The van der Waals surface area contributed by atoms with E-state index in [0.29, 0.717) is 11.3 Å². The van der Waals surface area contributed by atoms with E-state index < -0.39 is 39.3 Å². The number of nitro groups is 1. The zero-order valence-corrected chi connectivity index (χ0v) is 19.9. The van der Waals surface area contributed by atoms with Crippen LogP contribution in [0.25, 0.3) is 0 Å². The molecule has 0 bridgehead atoms. The van der Waals surface area contributed by atoms with E-state index in [4.69, 9.17) is 4.74 Å². The summed E-state index contributed by atoms with van der Waals surface area (Å²) in [7, 11) is -3.17. The second kappa shape index (κ2) is 10.3. The molecule has 1 heterocycles. The third kappa shape index (κ3) is 6.32. The first-order valence-electron chi connectivity index (χ1n) is 10.3. The number of sulfone groups is 1. The molecule has 0 aromatic heterocycles. The van der Waals surface area contributed by atoms with Crippen molar-refractivity contribution in [2.75, 3.05) is 24.7 Å². The van der Waals surface area contributed by atoms with E-state index in [-0.39, 0.29) is 29.3 Å². The van der Waals surface area contributed by atoms with E-state index in [2.05, 4.69) is 0 Å². The minimum Gasteiger partial charge on any atom is -0.452 e. The lowest BCUT2D eigenvalue weighted by atomic mass is 10.2. The number of carbonyl (C=O) groups is 2. The summed E-state index contributed by atoms with van der Waals surface area (Å²) in [5.74, 6) is -1.45. The van der Waals surface area contributed by atoms with Crippen LogP contribution in [0.5, 0.6) is 0 Å². The van der Waals surface area contributed by atoms with Crippen molar-refractivity contribution in [2.45, 2.75) is 36.1 Å². The molecule has 1 amide bonds. The molecule has 1 aliphatic rings. The standard InChI is InChI=1S/C22H24N2O7S2/c1-3-23(17-10-11-33(29,30)14-17)21(25)13-31-22(26)16-6-9-20(19(12-16)24(27)28)32-18-7-4-15(2)5-8-18/h4-9,12,17H,3,10-11,13-14H2,1-2H3. The van der Waals surface area contributed by atoms with Crippen molar-refractivity contribution in [3.05, 3.63) is 63.7 Å². The summed E-state index contributed by atoms with van der Waals surface area (Å²) in [4.78, 5) is 38.5. The highest BCUT2D eigenvalue weighted by atomic mass is 32.2. The molecule has 0 spiro atoms. The van der Waals surface area contributed by atoms with E-state index in [9.17, 15) is 28.1 Å². The van der Waals surface area contributed by atoms with Crippen molar-refractivity contribution in [1.29, 1.82) is 0 Å². The molecule has 11 heteroatoms. The minimum absolute atomic E-state index is 0.0256. The average molecular weight is 493 g/mol. The lowest BCUT2D eigenvalue weighted by molar-refractivity contribution is -0.387. The van der Waals surface area contributed by atoms with Crippen LogP contribution in [0.2, 0.25) is 0 Å². The Morgan fingerprint density at radius 2 is 1.91 bits per heavy atom. The predicted molar refractivity (Wildman–Crippen MR) is 123 cm³/mol. The predicted octanol–water partition coefficient (Wildman–Crippen LogP) is 3.25. The summed E-state index contributed by atoms with van der Waals surface area (Å²) in [5, 5.41) is 11.6. The Bertz CT molecular complexity index is 1160. The Labute approximate surface area is 196 Å². The molecule has 0 radical (unpaired) electrons. The van der Waals surface area contributed by atoms with Crippen molar-refractivity contribution >= 4 is 39.2 Å². The number of carbonyl (C=O) groups excluding carboxylic acids is 2. The minimum atomic E-state index is -3.17. The molecule has 1 fully saturated rings. The monoisotopic (exact) mass is 492 g/mol. The molecule has 3 rings (SSSR count). The largest absolute Gasteiger partial charge is 0.452 e. The van der Waals surface area contributed by atoms with Gasteiger partial charge in [-0.05, 0) is 44.5 Å². The molecule has 1 unspecified atom stereocenters. The van der Waals surface area contributed by atoms with Gasteiger partial charge in [0.2, 0.25) is 0 Å². The number of hydrogen-bond donors (Lipinski definition) is 0. The number of nitro benzene ring substituents is 1. The summed E-state index contributed by atoms with van der Waals surface area (Å²) in [6.45, 7) is 3.37. The summed E-state index contributed by atoms with van der Waals surface area (Å²) < 4.78 is 28.5. The summed E-state index contributed by atoms with van der Waals surface area (Å²) in [5.41, 5.74) is 0.777. The second-order valence-electron chi connectivity index (χ2n) is 7.67. The quantitative estimate of drug-likeness (QED) is 0.312. The molecule has 2 aromatic rings. The van der Waals surface area contributed by atoms with E-state index in [1.807, 2.05) is 31.2 Å². The van der Waals surface area contributed by atoms with Crippen LogP contribution in [0.1, 0.15) is 29.3 Å². The zero-order valence-electron chi connectivity index (χ0n) is 18.2. The van der Waals surface area contributed by atoms with Gasteiger partial charge in [0, 0.05) is 23.5 Å². The van der Waals surface area contributed by atoms with Gasteiger partial charge in [-0.3, -0.25) is 14.9 Å². The number of hydrogen-bond acceptors (Lipinski definition) is 8. The van der Waals surface area contributed by atoms with Gasteiger partial charge >= 0.3 is 5.97 Å². The van der Waals surface area contributed by atoms with E-state index in [1.165, 1.54) is 28.8 Å². The molecule has 0 aliphatic carbocycles. The number of aryl methyl sites for hydroxylation is 1. The van der Waals surface area contributed by atoms with Gasteiger partial charge in [0.25, 0.3) is 11.6 Å². The Morgan fingerprint density at radius 3 is 2.48 bits per heavy atom. The zero-order chi connectivity index (χ0) is 24.2. The molecule has 1 atom stereocenters. The maximum absolute atomic E-state index is 12.5. The Balaban J connectivity index is 1.68. The third-order valence-corrected chi connectivity index (χ3v) is 8.10. The van der Waals surface area contributed by atoms with Crippen LogP contribution in [-0.4, -0.2) is 60.8 Å². The Hall–Kier alpha value is -2.92. The van der Waals surface area contributed by atoms with Crippen LogP contribution < -0.4 is 0 Å². The van der Waals surface area contributed by atoms with Crippen LogP contribution >= 0.6 is 11.8 Å². The molecular formula is C22H24N2O7S2. The van der Waals surface area contributed by atoms with Crippen molar-refractivity contribution in [2.24, 2.45) is 0 Å². The second-order valence-corrected chi connectivity index (χ2v) is 11.0. The van der Waals surface area contributed by atoms with E-state index >= 15 is 0 Å². The molecule has 176 valence electrons.